The lowest BCUT2D eigenvalue weighted by Crippen LogP contribution is -2.32. The topological polar surface area (TPSA) is 12.0 Å². The van der Waals surface area contributed by atoms with Gasteiger partial charge in [0.2, 0.25) is 0 Å². The molecule has 1 rings (SSSR count). The quantitative estimate of drug-likeness (QED) is 0.513. The Hall–Kier alpha value is -0.730. The summed E-state index contributed by atoms with van der Waals surface area (Å²) in [6.45, 7) is 11.6. The zero-order valence-electron chi connectivity index (χ0n) is 12.5. The first kappa shape index (κ1) is 16.3. The normalized spacial score (nSPS) is 12.4. The maximum absolute atomic E-state index is 4.00. The Morgan fingerprint density at radius 2 is 2.21 bits per heavy atom. The molecule has 0 aromatic heterocycles. The first-order valence-corrected chi connectivity index (χ1v) is 8.17. The van der Waals surface area contributed by atoms with Crippen molar-refractivity contribution in [3.8, 4) is 0 Å². The van der Waals surface area contributed by atoms with Gasteiger partial charge in [0.1, 0.15) is 0 Å². The van der Waals surface area contributed by atoms with Crippen molar-refractivity contribution in [2.75, 3.05) is 12.3 Å². The molecule has 0 aliphatic heterocycles. The average molecular weight is 277 g/mol. The van der Waals surface area contributed by atoms with E-state index in [0.717, 1.165) is 18.7 Å². The van der Waals surface area contributed by atoms with Crippen LogP contribution in [0.4, 0.5) is 0 Å². The fourth-order valence-electron chi connectivity index (χ4n) is 1.92. The van der Waals surface area contributed by atoms with E-state index in [0.29, 0.717) is 6.04 Å². The lowest BCUT2D eigenvalue weighted by molar-refractivity contribution is 0.519. The molecule has 1 nitrogen and oxygen atoms in total. The second kappa shape index (κ2) is 9.22. The molecule has 1 unspecified atom stereocenters. The molecule has 0 fully saturated rings. The Kier molecular flexibility index (Phi) is 7.92. The third-order valence-corrected chi connectivity index (χ3v) is 4.20. The number of nitrogens with one attached hydrogen (secondary N) is 1. The molecule has 0 saturated carbocycles. The zero-order chi connectivity index (χ0) is 14.1. The van der Waals surface area contributed by atoms with Gasteiger partial charge in [0.15, 0.2) is 0 Å². The molecular weight excluding hydrogens is 250 g/mol. The largest absolute Gasteiger partial charge is 0.313 e. The first-order valence-electron chi connectivity index (χ1n) is 7.19. The summed E-state index contributed by atoms with van der Waals surface area (Å²) >= 11 is 1.95. The number of hydrogen-bond acceptors (Lipinski definition) is 2. The fraction of sp³-hybridized carbons (Fsp3) is 0.529. The molecule has 1 aromatic rings. The smallest absolute Gasteiger partial charge is 0.0164 e. The van der Waals surface area contributed by atoms with Crippen LogP contribution < -0.4 is 5.32 Å². The Bertz CT molecular complexity index is 387. The minimum Gasteiger partial charge on any atom is -0.313 e. The van der Waals surface area contributed by atoms with E-state index in [1.54, 1.807) is 0 Å². The third-order valence-electron chi connectivity index (χ3n) is 3.04. The highest BCUT2D eigenvalue weighted by molar-refractivity contribution is 7.99. The van der Waals surface area contributed by atoms with Crippen LogP contribution in [0.2, 0.25) is 0 Å². The van der Waals surface area contributed by atoms with Gasteiger partial charge in [-0.05, 0) is 51.8 Å². The summed E-state index contributed by atoms with van der Waals surface area (Å²) in [5, 5.41) is 3.65. The maximum atomic E-state index is 4.00. The third kappa shape index (κ3) is 7.44. The van der Waals surface area contributed by atoms with Gasteiger partial charge in [0.25, 0.3) is 0 Å². The second-order valence-electron chi connectivity index (χ2n) is 5.27. The van der Waals surface area contributed by atoms with Gasteiger partial charge in [-0.2, -0.15) is 0 Å². The average Bonchev–Trinajstić information content (AvgIpc) is 2.37. The Balaban J connectivity index is 2.44. The van der Waals surface area contributed by atoms with Crippen molar-refractivity contribution >= 4 is 11.8 Å². The number of benzene rings is 1. The van der Waals surface area contributed by atoms with Crippen LogP contribution in [-0.4, -0.2) is 18.3 Å². The lowest BCUT2D eigenvalue weighted by Gasteiger charge is -2.18. The SMILES string of the molecule is C=C(C)CCC(CSc1cccc(C)c1)NCCC. The summed E-state index contributed by atoms with van der Waals surface area (Å²) in [5.74, 6) is 1.14. The van der Waals surface area contributed by atoms with Crippen LogP contribution in [0.15, 0.2) is 41.3 Å². The van der Waals surface area contributed by atoms with Crippen molar-refractivity contribution in [2.24, 2.45) is 0 Å². The number of aryl methyl sites for hydroxylation is 1. The summed E-state index contributed by atoms with van der Waals surface area (Å²) in [6, 6.07) is 9.34. The van der Waals surface area contributed by atoms with E-state index in [9.17, 15) is 0 Å². The zero-order valence-corrected chi connectivity index (χ0v) is 13.4. The van der Waals surface area contributed by atoms with Crippen molar-refractivity contribution in [1.82, 2.24) is 5.32 Å². The van der Waals surface area contributed by atoms with Crippen LogP contribution in [0, 0.1) is 6.92 Å². The summed E-state index contributed by atoms with van der Waals surface area (Å²) in [7, 11) is 0. The van der Waals surface area contributed by atoms with E-state index in [2.05, 4.69) is 56.9 Å². The van der Waals surface area contributed by atoms with Crippen molar-refractivity contribution < 1.29 is 0 Å². The highest BCUT2D eigenvalue weighted by Gasteiger charge is 2.08. The highest BCUT2D eigenvalue weighted by atomic mass is 32.2. The van der Waals surface area contributed by atoms with Crippen LogP contribution in [0.5, 0.6) is 0 Å². The van der Waals surface area contributed by atoms with Crippen LogP contribution in [0.25, 0.3) is 0 Å². The minimum absolute atomic E-state index is 0.585. The van der Waals surface area contributed by atoms with Crippen LogP contribution in [0.1, 0.15) is 38.7 Å². The number of thioether (sulfide) groups is 1. The summed E-state index contributed by atoms with van der Waals surface area (Å²) in [5.41, 5.74) is 2.62. The van der Waals surface area contributed by atoms with Gasteiger partial charge in [-0.1, -0.05) is 30.2 Å². The summed E-state index contributed by atoms with van der Waals surface area (Å²) < 4.78 is 0. The van der Waals surface area contributed by atoms with Crippen LogP contribution in [-0.2, 0) is 0 Å². The molecule has 2 heteroatoms. The van der Waals surface area contributed by atoms with Crippen molar-refractivity contribution in [3.05, 3.63) is 42.0 Å². The molecule has 0 aliphatic rings. The number of rotatable bonds is 9. The number of allylic oxidation sites excluding steroid dienone is 1. The molecule has 0 saturated heterocycles. The molecule has 1 aromatic carbocycles. The molecule has 0 heterocycles. The van der Waals surface area contributed by atoms with Gasteiger partial charge in [-0.3, -0.25) is 0 Å². The van der Waals surface area contributed by atoms with Crippen LogP contribution >= 0.6 is 11.8 Å². The molecule has 0 amide bonds. The summed E-state index contributed by atoms with van der Waals surface area (Å²) in [4.78, 5) is 1.37. The van der Waals surface area contributed by atoms with Gasteiger partial charge < -0.3 is 5.32 Å². The van der Waals surface area contributed by atoms with Gasteiger partial charge in [0.05, 0.1) is 0 Å². The van der Waals surface area contributed by atoms with E-state index >= 15 is 0 Å². The molecule has 1 atom stereocenters. The van der Waals surface area contributed by atoms with Crippen LogP contribution in [0.3, 0.4) is 0 Å². The predicted octanol–water partition coefficient (Wildman–Crippen LogP) is 4.81. The minimum atomic E-state index is 0.585. The number of hydrogen-bond donors (Lipinski definition) is 1. The monoisotopic (exact) mass is 277 g/mol. The second-order valence-corrected chi connectivity index (χ2v) is 6.37. The van der Waals surface area contributed by atoms with Crippen molar-refractivity contribution in [3.63, 3.8) is 0 Å². The molecule has 1 N–H and O–H groups in total. The van der Waals surface area contributed by atoms with Gasteiger partial charge in [-0.25, -0.2) is 0 Å². The molecule has 106 valence electrons. The summed E-state index contributed by atoms with van der Waals surface area (Å²) in [6.07, 6.45) is 3.50. The predicted molar refractivity (Wildman–Crippen MR) is 88.0 cm³/mol. The Morgan fingerprint density at radius 1 is 1.42 bits per heavy atom. The molecule has 0 aliphatic carbocycles. The van der Waals surface area contributed by atoms with E-state index in [1.165, 1.54) is 28.9 Å². The van der Waals surface area contributed by atoms with Gasteiger partial charge in [0, 0.05) is 16.7 Å². The molecule has 0 spiro atoms. The van der Waals surface area contributed by atoms with E-state index in [1.807, 2.05) is 11.8 Å². The van der Waals surface area contributed by atoms with E-state index in [4.69, 9.17) is 0 Å². The highest BCUT2D eigenvalue weighted by Crippen LogP contribution is 2.21. The van der Waals surface area contributed by atoms with Gasteiger partial charge in [-0.15, -0.1) is 18.3 Å². The van der Waals surface area contributed by atoms with E-state index < -0.39 is 0 Å². The first-order chi connectivity index (χ1) is 9.11. The fourth-order valence-corrected chi connectivity index (χ4v) is 3.04. The molecule has 0 bridgehead atoms. The standard InChI is InChI=1S/C17H27NS/c1-5-11-18-16(10-9-14(2)3)13-19-17-8-6-7-15(4)12-17/h6-8,12,16,18H,2,5,9-11,13H2,1,3-4H3. The van der Waals surface area contributed by atoms with E-state index in [-0.39, 0.29) is 0 Å². The molecule has 0 radical (unpaired) electrons. The van der Waals surface area contributed by atoms with Crippen molar-refractivity contribution in [1.29, 1.82) is 0 Å². The lowest BCUT2D eigenvalue weighted by atomic mass is 10.1. The van der Waals surface area contributed by atoms with Gasteiger partial charge >= 0.3 is 0 Å². The van der Waals surface area contributed by atoms with Crippen molar-refractivity contribution in [2.45, 2.75) is 51.0 Å². The Morgan fingerprint density at radius 3 is 2.84 bits per heavy atom. The molecular formula is C17H27NS. The molecule has 19 heavy (non-hydrogen) atoms. The maximum Gasteiger partial charge on any atom is 0.0164 e. The Labute approximate surface area is 122 Å².